The molecule has 2 aromatic carbocycles. The summed E-state index contributed by atoms with van der Waals surface area (Å²) in [6.07, 6.45) is 5.09. The number of allylic oxidation sites excluding steroid dienone is 2. The minimum absolute atomic E-state index is 0.0496. The van der Waals surface area contributed by atoms with Gasteiger partial charge in [-0.3, -0.25) is 9.36 Å². The van der Waals surface area contributed by atoms with Gasteiger partial charge in [-0.1, -0.05) is 48.5 Å². The molecule has 1 aliphatic carbocycles. The highest BCUT2D eigenvalue weighted by molar-refractivity contribution is 7.73. The molecule has 0 saturated carbocycles. The van der Waals surface area contributed by atoms with Crippen molar-refractivity contribution in [3.05, 3.63) is 80.6 Å². The first-order valence-corrected chi connectivity index (χ1v) is 8.91. The van der Waals surface area contributed by atoms with Crippen molar-refractivity contribution in [2.75, 3.05) is 0 Å². The van der Waals surface area contributed by atoms with Crippen LogP contribution >= 0.6 is 23.6 Å². The monoisotopic (exact) mass is 363 g/mol. The Labute approximate surface area is 153 Å². The van der Waals surface area contributed by atoms with Gasteiger partial charge < -0.3 is 5.11 Å². The number of rotatable bonds is 2. The molecule has 1 aromatic heterocycles. The molecular formula is C20H13NO2S2. The second kappa shape index (κ2) is 6.27. The molecule has 1 heterocycles. The van der Waals surface area contributed by atoms with Crippen LogP contribution in [-0.2, 0) is 4.79 Å². The molecule has 3 nitrogen and oxygen atoms in total. The van der Waals surface area contributed by atoms with Gasteiger partial charge in [0.1, 0.15) is 0 Å². The highest BCUT2D eigenvalue weighted by Crippen LogP contribution is 2.35. The number of aromatic nitrogens is 1. The van der Waals surface area contributed by atoms with Crippen LogP contribution in [0.15, 0.2) is 60.7 Å². The lowest BCUT2D eigenvalue weighted by molar-refractivity contribution is -0.109. The molecule has 0 aliphatic heterocycles. The molecule has 5 heteroatoms. The third-order valence-corrected chi connectivity index (χ3v) is 5.34. The van der Waals surface area contributed by atoms with Crippen molar-refractivity contribution in [1.29, 1.82) is 0 Å². The maximum Gasteiger partial charge on any atom is 0.215 e. The summed E-state index contributed by atoms with van der Waals surface area (Å²) < 4.78 is 2.14. The van der Waals surface area contributed by atoms with Crippen LogP contribution in [-0.4, -0.2) is 15.5 Å². The fourth-order valence-corrected chi connectivity index (χ4v) is 4.13. The van der Waals surface area contributed by atoms with Crippen LogP contribution in [0, 0.1) is 3.95 Å². The predicted octanol–water partition coefficient (Wildman–Crippen LogP) is 5.11. The highest BCUT2D eigenvalue weighted by Gasteiger charge is 2.19. The van der Waals surface area contributed by atoms with Gasteiger partial charge in [-0.25, -0.2) is 0 Å². The average Bonchev–Trinajstić information content (AvgIpc) is 2.92. The lowest BCUT2D eigenvalue weighted by atomic mass is 9.91. The highest BCUT2D eigenvalue weighted by atomic mass is 32.1. The first kappa shape index (κ1) is 15.7. The quantitative estimate of drug-likeness (QED) is 0.508. The number of benzene rings is 2. The number of nitrogens with zero attached hydrogens (tertiary/aromatic N) is 1. The van der Waals surface area contributed by atoms with Gasteiger partial charge in [0.25, 0.3) is 0 Å². The van der Waals surface area contributed by atoms with E-state index in [1.807, 2.05) is 60.7 Å². The Morgan fingerprint density at radius 1 is 1.00 bits per heavy atom. The first-order valence-electron chi connectivity index (χ1n) is 7.69. The van der Waals surface area contributed by atoms with E-state index in [2.05, 4.69) is 0 Å². The molecule has 122 valence electrons. The van der Waals surface area contributed by atoms with Crippen molar-refractivity contribution in [2.45, 2.75) is 0 Å². The summed E-state index contributed by atoms with van der Waals surface area (Å²) in [6.45, 7) is 0. The third kappa shape index (κ3) is 2.77. The summed E-state index contributed by atoms with van der Waals surface area (Å²) in [6, 6.07) is 17.1. The van der Waals surface area contributed by atoms with Gasteiger partial charge in [0, 0.05) is 5.57 Å². The van der Waals surface area contributed by atoms with Crippen LogP contribution in [0.3, 0.4) is 0 Å². The summed E-state index contributed by atoms with van der Waals surface area (Å²) in [5.74, 6) is -0.0304. The van der Waals surface area contributed by atoms with Crippen LogP contribution in [0.5, 0.6) is 5.88 Å². The van der Waals surface area contributed by atoms with E-state index in [0.717, 1.165) is 16.8 Å². The molecule has 0 radical (unpaired) electrons. The Bertz CT molecular complexity index is 1090. The summed E-state index contributed by atoms with van der Waals surface area (Å²) in [7, 11) is 0. The topological polar surface area (TPSA) is 42.2 Å². The molecule has 3 aromatic rings. The number of hydrogen-bond donors (Lipinski definition) is 1. The molecule has 0 amide bonds. The molecular weight excluding hydrogens is 350 g/mol. The van der Waals surface area contributed by atoms with Crippen molar-refractivity contribution >= 4 is 47.1 Å². The molecule has 0 fully saturated rings. The van der Waals surface area contributed by atoms with Crippen LogP contribution in [0.1, 0.15) is 16.0 Å². The number of para-hydroxylation sites is 1. The van der Waals surface area contributed by atoms with Gasteiger partial charge in [-0.2, -0.15) is 0 Å². The van der Waals surface area contributed by atoms with E-state index in [0.29, 0.717) is 14.4 Å². The van der Waals surface area contributed by atoms with Gasteiger partial charge in [0.15, 0.2) is 9.74 Å². The summed E-state index contributed by atoms with van der Waals surface area (Å²) in [5.41, 5.74) is 3.20. The maximum atomic E-state index is 12.4. The fourth-order valence-electron chi connectivity index (χ4n) is 2.84. The van der Waals surface area contributed by atoms with Gasteiger partial charge in [-0.15, -0.1) is 11.3 Å². The van der Waals surface area contributed by atoms with E-state index in [-0.39, 0.29) is 11.7 Å². The molecule has 0 saturated heterocycles. The van der Waals surface area contributed by atoms with E-state index >= 15 is 0 Å². The van der Waals surface area contributed by atoms with Gasteiger partial charge in [0.2, 0.25) is 5.88 Å². The largest absolute Gasteiger partial charge is 0.493 e. The number of carbonyl (C=O) groups excluding carboxylic acids is 1. The number of carbonyl (C=O) groups is 1. The summed E-state index contributed by atoms with van der Waals surface area (Å²) in [5, 5.41) is 10.7. The van der Waals surface area contributed by atoms with Gasteiger partial charge >= 0.3 is 0 Å². The zero-order chi connectivity index (χ0) is 17.4. The molecule has 25 heavy (non-hydrogen) atoms. The Morgan fingerprint density at radius 3 is 2.52 bits per heavy atom. The van der Waals surface area contributed by atoms with Crippen LogP contribution < -0.4 is 0 Å². The number of fused-ring (bicyclic) bond motifs is 1. The Kier molecular flexibility index (Phi) is 3.95. The van der Waals surface area contributed by atoms with E-state index < -0.39 is 0 Å². The molecule has 1 N–H and O–H groups in total. The predicted molar refractivity (Wildman–Crippen MR) is 104 cm³/mol. The van der Waals surface area contributed by atoms with E-state index in [1.165, 1.54) is 11.3 Å². The minimum Gasteiger partial charge on any atom is -0.493 e. The molecule has 4 rings (SSSR count). The van der Waals surface area contributed by atoms with Crippen molar-refractivity contribution in [3.8, 4) is 11.6 Å². The lowest BCUT2D eigenvalue weighted by Crippen LogP contribution is -2.04. The Hall–Kier alpha value is -2.76. The van der Waals surface area contributed by atoms with Gasteiger partial charge in [-0.05, 0) is 47.6 Å². The zero-order valence-corrected chi connectivity index (χ0v) is 14.7. The van der Waals surface area contributed by atoms with Crippen molar-refractivity contribution in [3.63, 3.8) is 0 Å². The Balaban J connectivity index is 1.87. The van der Waals surface area contributed by atoms with Crippen LogP contribution in [0.25, 0.3) is 23.4 Å². The van der Waals surface area contributed by atoms with Gasteiger partial charge in [0.05, 0.1) is 10.6 Å². The van der Waals surface area contributed by atoms with Crippen molar-refractivity contribution in [1.82, 2.24) is 4.57 Å². The summed E-state index contributed by atoms with van der Waals surface area (Å²) >= 11 is 6.69. The Morgan fingerprint density at radius 2 is 1.72 bits per heavy atom. The smallest absolute Gasteiger partial charge is 0.215 e. The zero-order valence-electron chi connectivity index (χ0n) is 13.0. The van der Waals surface area contributed by atoms with E-state index in [1.54, 1.807) is 16.7 Å². The van der Waals surface area contributed by atoms with E-state index in [9.17, 15) is 9.90 Å². The third-order valence-electron chi connectivity index (χ3n) is 4.03. The number of thiazole rings is 1. The number of ketones is 1. The summed E-state index contributed by atoms with van der Waals surface area (Å²) in [4.78, 5) is 12.9. The second-order valence-electron chi connectivity index (χ2n) is 5.57. The van der Waals surface area contributed by atoms with Crippen LogP contribution in [0.2, 0.25) is 0 Å². The molecule has 0 atom stereocenters. The molecule has 0 spiro atoms. The van der Waals surface area contributed by atoms with Crippen molar-refractivity contribution in [2.24, 2.45) is 0 Å². The first-order chi connectivity index (χ1) is 12.1. The number of hydrogen-bond acceptors (Lipinski definition) is 4. The maximum absolute atomic E-state index is 12.4. The standard InChI is InChI=1S/C20H13NO2S2/c22-17-11-10-13-6-4-5-9-15(13)16(17)12-18-19(23)21(20(24)25-18)14-7-2-1-3-8-14/h1-12,23H. The van der Waals surface area contributed by atoms with Crippen LogP contribution in [0.4, 0.5) is 0 Å². The normalized spacial score (nSPS) is 14.7. The molecule has 0 bridgehead atoms. The SMILES string of the molecule is O=C1C=Cc2ccccc2C1=Cc1sc(=S)n(-c2ccccc2)c1O. The minimum atomic E-state index is -0.0799. The average molecular weight is 363 g/mol. The number of aromatic hydroxyl groups is 1. The molecule has 1 aliphatic rings. The lowest BCUT2D eigenvalue weighted by Gasteiger charge is -2.12. The second-order valence-corrected chi connectivity index (χ2v) is 7.25. The van der Waals surface area contributed by atoms with E-state index in [4.69, 9.17) is 12.2 Å². The van der Waals surface area contributed by atoms with Crippen molar-refractivity contribution < 1.29 is 9.90 Å². The molecule has 0 unspecified atom stereocenters. The fraction of sp³-hybridized carbons (Fsp3) is 0.